The minimum absolute atomic E-state index is 0.0226. The molecule has 0 radical (unpaired) electrons. The van der Waals surface area contributed by atoms with Gasteiger partial charge in [0.15, 0.2) is 0 Å². The first-order chi connectivity index (χ1) is 9.75. The molecule has 0 amide bonds. The van der Waals surface area contributed by atoms with E-state index in [9.17, 15) is 17.6 Å². The van der Waals surface area contributed by atoms with Gasteiger partial charge in [-0.25, -0.2) is 4.39 Å². The molecule has 0 aliphatic heterocycles. The second-order valence-electron chi connectivity index (χ2n) is 4.32. The van der Waals surface area contributed by atoms with Crippen LogP contribution < -0.4 is 5.32 Å². The summed E-state index contributed by atoms with van der Waals surface area (Å²) in [6.07, 6.45) is -4.47. The number of halogens is 6. The molecule has 0 spiro atoms. The first kappa shape index (κ1) is 16.1. The van der Waals surface area contributed by atoms with E-state index in [2.05, 4.69) is 21.2 Å². The summed E-state index contributed by atoms with van der Waals surface area (Å²) in [5.74, 6) is -0.419. The van der Waals surface area contributed by atoms with Gasteiger partial charge in [-0.05, 0) is 42.0 Å². The molecule has 1 N–H and O–H groups in total. The zero-order valence-electron chi connectivity index (χ0n) is 10.4. The highest BCUT2D eigenvalue weighted by Gasteiger charge is 2.31. The Bertz CT molecular complexity index is 658. The van der Waals surface area contributed by atoms with Crippen molar-refractivity contribution < 1.29 is 17.6 Å². The Kier molecular flexibility index (Phi) is 4.78. The minimum Gasteiger partial charge on any atom is -0.381 e. The summed E-state index contributed by atoms with van der Waals surface area (Å²) < 4.78 is 51.9. The number of hydrogen-bond acceptors (Lipinski definition) is 1. The molecule has 21 heavy (non-hydrogen) atoms. The third-order valence-electron chi connectivity index (χ3n) is 2.72. The summed E-state index contributed by atoms with van der Waals surface area (Å²) in [5, 5.41) is 2.78. The average molecular weight is 383 g/mol. The lowest BCUT2D eigenvalue weighted by atomic mass is 10.1. The van der Waals surface area contributed by atoms with Crippen molar-refractivity contribution in [3.63, 3.8) is 0 Å². The molecule has 7 heteroatoms. The fourth-order valence-electron chi connectivity index (χ4n) is 1.73. The van der Waals surface area contributed by atoms with Crippen LogP contribution in [0, 0.1) is 5.82 Å². The van der Waals surface area contributed by atoms with E-state index in [1.165, 1.54) is 24.3 Å². The molecule has 2 rings (SSSR count). The molecule has 0 saturated carbocycles. The summed E-state index contributed by atoms with van der Waals surface area (Å²) >= 11 is 8.94. The van der Waals surface area contributed by atoms with E-state index in [4.69, 9.17) is 11.6 Å². The second-order valence-corrected chi connectivity index (χ2v) is 5.61. The molecule has 0 unspecified atom stereocenters. The highest BCUT2D eigenvalue weighted by molar-refractivity contribution is 9.10. The SMILES string of the molecule is Fc1ccc(Br)c(CNc2cc(Cl)cc(C(F)(F)F)c2)c1. The summed E-state index contributed by atoms with van der Waals surface area (Å²) in [4.78, 5) is 0. The van der Waals surface area contributed by atoms with Crippen LogP contribution in [0.4, 0.5) is 23.2 Å². The number of alkyl halides is 3. The van der Waals surface area contributed by atoms with Crippen LogP contribution >= 0.6 is 27.5 Å². The monoisotopic (exact) mass is 381 g/mol. The van der Waals surface area contributed by atoms with E-state index >= 15 is 0 Å². The number of nitrogens with one attached hydrogen (secondary N) is 1. The van der Waals surface area contributed by atoms with Crippen LogP contribution in [0.2, 0.25) is 5.02 Å². The third-order valence-corrected chi connectivity index (χ3v) is 3.71. The molecule has 0 heterocycles. The quantitative estimate of drug-likeness (QED) is 0.654. The lowest BCUT2D eigenvalue weighted by Crippen LogP contribution is -2.07. The summed E-state index contributed by atoms with van der Waals surface area (Å²) in [6, 6.07) is 7.31. The van der Waals surface area contributed by atoms with Gasteiger partial charge in [0.05, 0.1) is 5.56 Å². The average Bonchev–Trinajstić information content (AvgIpc) is 2.38. The third kappa shape index (κ3) is 4.35. The Balaban J connectivity index is 2.20. The normalized spacial score (nSPS) is 11.5. The second kappa shape index (κ2) is 6.23. The fraction of sp³-hybridized carbons (Fsp3) is 0.143. The van der Waals surface area contributed by atoms with Crippen LogP contribution in [0.15, 0.2) is 40.9 Å². The van der Waals surface area contributed by atoms with Crippen LogP contribution in [0.25, 0.3) is 0 Å². The molecule has 0 fully saturated rings. The van der Waals surface area contributed by atoms with Gasteiger partial charge in [0, 0.05) is 21.7 Å². The number of benzene rings is 2. The molecule has 112 valence electrons. The Labute approximate surface area is 132 Å². The number of rotatable bonds is 3. The van der Waals surface area contributed by atoms with Crippen LogP contribution in [0.5, 0.6) is 0 Å². The lowest BCUT2D eigenvalue weighted by Gasteiger charge is -2.12. The van der Waals surface area contributed by atoms with Gasteiger partial charge in [-0.1, -0.05) is 27.5 Å². The van der Waals surface area contributed by atoms with E-state index in [1.54, 1.807) is 0 Å². The largest absolute Gasteiger partial charge is 0.416 e. The van der Waals surface area contributed by atoms with Crippen LogP contribution in [0.3, 0.4) is 0 Å². The van der Waals surface area contributed by atoms with Crippen molar-refractivity contribution in [3.8, 4) is 0 Å². The van der Waals surface area contributed by atoms with Gasteiger partial charge in [0.2, 0.25) is 0 Å². The van der Waals surface area contributed by atoms with Gasteiger partial charge in [0.25, 0.3) is 0 Å². The van der Waals surface area contributed by atoms with Crippen molar-refractivity contribution in [2.24, 2.45) is 0 Å². The van der Waals surface area contributed by atoms with Crippen LogP contribution in [-0.2, 0) is 12.7 Å². The smallest absolute Gasteiger partial charge is 0.381 e. The van der Waals surface area contributed by atoms with Crippen molar-refractivity contribution in [2.45, 2.75) is 12.7 Å². The molecule has 2 aromatic carbocycles. The van der Waals surface area contributed by atoms with Crippen LogP contribution in [-0.4, -0.2) is 0 Å². The maximum absolute atomic E-state index is 13.1. The molecule has 0 bridgehead atoms. The van der Waals surface area contributed by atoms with Crippen molar-refractivity contribution in [2.75, 3.05) is 5.32 Å². The van der Waals surface area contributed by atoms with Gasteiger partial charge in [-0.2, -0.15) is 13.2 Å². The molecular weight excluding hydrogens is 374 g/mol. The first-order valence-electron chi connectivity index (χ1n) is 5.81. The van der Waals surface area contributed by atoms with Gasteiger partial charge in [0.1, 0.15) is 5.82 Å². The first-order valence-corrected chi connectivity index (χ1v) is 6.98. The van der Waals surface area contributed by atoms with E-state index in [-0.39, 0.29) is 17.3 Å². The minimum atomic E-state index is -4.47. The van der Waals surface area contributed by atoms with Gasteiger partial charge in [-0.15, -0.1) is 0 Å². The zero-order valence-corrected chi connectivity index (χ0v) is 12.8. The van der Waals surface area contributed by atoms with Crippen LogP contribution in [0.1, 0.15) is 11.1 Å². The molecule has 0 saturated heterocycles. The fourth-order valence-corrected chi connectivity index (χ4v) is 2.35. The molecule has 2 aromatic rings. The number of hydrogen-bond donors (Lipinski definition) is 1. The van der Waals surface area contributed by atoms with Gasteiger partial charge in [-0.3, -0.25) is 0 Å². The molecule has 0 aromatic heterocycles. The van der Waals surface area contributed by atoms with Crippen molar-refractivity contribution in [3.05, 3.63) is 62.8 Å². The van der Waals surface area contributed by atoms with Crippen molar-refractivity contribution in [1.82, 2.24) is 0 Å². The van der Waals surface area contributed by atoms with Crippen molar-refractivity contribution in [1.29, 1.82) is 0 Å². The standard InChI is InChI=1S/C14H9BrClF4N/c15-13-2-1-11(17)3-8(13)7-21-12-5-9(14(18,19)20)4-10(16)6-12/h1-6,21H,7H2. The summed E-state index contributed by atoms with van der Waals surface area (Å²) in [7, 11) is 0. The molecular formula is C14H9BrClF4N. The predicted octanol–water partition coefficient (Wildman–Crippen LogP) is 5.87. The van der Waals surface area contributed by atoms with E-state index in [0.29, 0.717) is 10.0 Å². The Morgan fingerprint density at radius 3 is 2.48 bits per heavy atom. The maximum atomic E-state index is 13.1. The summed E-state index contributed by atoms with van der Waals surface area (Å²) in [6.45, 7) is 0.163. The Hall–Kier alpha value is -1.27. The topological polar surface area (TPSA) is 12.0 Å². The lowest BCUT2D eigenvalue weighted by molar-refractivity contribution is -0.137. The Morgan fingerprint density at radius 2 is 1.81 bits per heavy atom. The zero-order chi connectivity index (χ0) is 15.6. The van der Waals surface area contributed by atoms with E-state index in [0.717, 1.165) is 12.1 Å². The van der Waals surface area contributed by atoms with Gasteiger partial charge < -0.3 is 5.32 Å². The molecule has 0 atom stereocenters. The van der Waals surface area contributed by atoms with E-state index < -0.39 is 17.6 Å². The highest BCUT2D eigenvalue weighted by Crippen LogP contribution is 2.33. The Morgan fingerprint density at radius 1 is 1.10 bits per heavy atom. The maximum Gasteiger partial charge on any atom is 0.416 e. The highest BCUT2D eigenvalue weighted by atomic mass is 79.9. The molecule has 1 nitrogen and oxygen atoms in total. The van der Waals surface area contributed by atoms with Gasteiger partial charge >= 0.3 is 6.18 Å². The molecule has 0 aliphatic rings. The van der Waals surface area contributed by atoms with Crippen molar-refractivity contribution >= 4 is 33.2 Å². The molecule has 0 aliphatic carbocycles. The number of anilines is 1. The predicted molar refractivity (Wildman–Crippen MR) is 77.9 cm³/mol. The summed E-state index contributed by atoms with van der Waals surface area (Å²) in [5.41, 5.74) is -0.0367. The van der Waals surface area contributed by atoms with E-state index in [1.807, 2.05) is 0 Å².